The molecule has 2 aliphatic carbocycles. The lowest BCUT2D eigenvalue weighted by atomic mass is 9.71. The van der Waals surface area contributed by atoms with Crippen LogP contribution in [0.1, 0.15) is 78.1 Å². The lowest BCUT2D eigenvalue weighted by Gasteiger charge is -2.36. The molecule has 2 saturated carbocycles. The Morgan fingerprint density at radius 2 is 1.72 bits per heavy atom. The zero-order valence-corrected chi connectivity index (χ0v) is 12.6. The molecule has 18 heavy (non-hydrogen) atoms. The van der Waals surface area contributed by atoms with E-state index < -0.39 is 0 Å². The van der Waals surface area contributed by atoms with E-state index in [9.17, 15) is 0 Å². The Hall–Kier alpha value is -0.0400. The fraction of sp³-hybridized carbons (Fsp3) is 1.00. The lowest BCUT2D eigenvalue weighted by molar-refractivity contribution is 0.157. The second-order valence-electron chi connectivity index (χ2n) is 6.81. The molecule has 3 unspecified atom stereocenters. The van der Waals surface area contributed by atoms with Gasteiger partial charge in [0.25, 0.3) is 0 Å². The number of hydrogen-bond acceptors (Lipinski definition) is 1. The van der Waals surface area contributed by atoms with Crippen LogP contribution in [0.15, 0.2) is 0 Å². The van der Waals surface area contributed by atoms with Crippen molar-refractivity contribution in [2.45, 2.75) is 84.1 Å². The largest absolute Gasteiger partial charge is 0.314 e. The molecular weight excluding hydrogens is 218 g/mol. The number of hydrogen-bond donors (Lipinski definition) is 1. The predicted molar refractivity (Wildman–Crippen MR) is 79.8 cm³/mol. The van der Waals surface area contributed by atoms with Crippen LogP contribution >= 0.6 is 0 Å². The van der Waals surface area contributed by atoms with Crippen LogP contribution < -0.4 is 5.32 Å². The fourth-order valence-electron chi connectivity index (χ4n) is 3.79. The third-order valence-electron chi connectivity index (χ3n) is 5.12. The van der Waals surface area contributed by atoms with Crippen molar-refractivity contribution in [3.63, 3.8) is 0 Å². The Kier molecular flexibility index (Phi) is 6.01. The Labute approximate surface area is 114 Å². The van der Waals surface area contributed by atoms with Crippen molar-refractivity contribution >= 4 is 0 Å². The molecule has 0 amide bonds. The molecule has 0 heterocycles. The molecule has 0 aromatic carbocycles. The van der Waals surface area contributed by atoms with Crippen LogP contribution in [0, 0.1) is 17.8 Å². The molecule has 0 aromatic rings. The van der Waals surface area contributed by atoms with Crippen molar-refractivity contribution in [3.05, 3.63) is 0 Å². The highest BCUT2D eigenvalue weighted by atomic mass is 14.9. The van der Waals surface area contributed by atoms with Crippen LogP contribution in [0.4, 0.5) is 0 Å². The summed E-state index contributed by atoms with van der Waals surface area (Å²) >= 11 is 0. The summed E-state index contributed by atoms with van der Waals surface area (Å²) < 4.78 is 0. The van der Waals surface area contributed by atoms with Gasteiger partial charge in [-0.25, -0.2) is 0 Å². The van der Waals surface area contributed by atoms with Crippen molar-refractivity contribution in [3.8, 4) is 0 Å². The average molecular weight is 251 g/mol. The van der Waals surface area contributed by atoms with Crippen LogP contribution in [0.25, 0.3) is 0 Å². The summed E-state index contributed by atoms with van der Waals surface area (Å²) in [5, 5.41) is 3.78. The molecule has 0 radical (unpaired) electrons. The van der Waals surface area contributed by atoms with Gasteiger partial charge in [-0.05, 0) is 50.0 Å². The smallest absolute Gasteiger partial charge is 0.00683 e. The van der Waals surface area contributed by atoms with E-state index >= 15 is 0 Å². The Balaban J connectivity index is 1.77. The Morgan fingerprint density at radius 3 is 2.39 bits per heavy atom. The zero-order chi connectivity index (χ0) is 12.8. The molecule has 0 aliphatic heterocycles. The standard InChI is InChI=1S/C17H33N/c1-3-5-7-15-12-14(6-4-2)8-9-16(15)13-18-17-10-11-17/h14-18H,3-13H2,1-2H3. The van der Waals surface area contributed by atoms with Crippen molar-refractivity contribution in [1.82, 2.24) is 5.32 Å². The highest BCUT2D eigenvalue weighted by molar-refractivity contribution is 4.86. The van der Waals surface area contributed by atoms with Crippen LogP contribution in [-0.2, 0) is 0 Å². The van der Waals surface area contributed by atoms with E-state index in [4.69, 9.17) is 0 Å². The van der Waals surface area contributed by atoms with Crippen molar-refractivity contribution in [2.24, 2.45) is 17.8 Å². The first-order chi connectivity index (χ1) is 8.83. The normalized spacial score (nSPS) is 32.7. The van der Waals surface area contributed by atoms with Gasteiger partial charge in [0.15, 0.2) is 0 Å². The maximum Gasteiger partial charge on any atom is 0.00683 e. The minimum absolute atomic E-state index is 0.894. The summed E-state index contributed by atoms with van der Waals surface area (Å²) in [7, 11) is 0. The summed E-state index contributed by atoms with van der Waals surface area (Å²) in [4.78, 5) is 0. The first kappa shape index (κ1) is 14.4. The zero-order valence-electron chi connectivity index (χ0n) is 12.6. The van der Waals surface area contributed by atoms with E-state index in [0.717, 1.165) is 23.8 Å². The second-order valence-corrected chi connectivity index (χ2v) is 6.81. The van der Waals surface area contributed by atoms with Crippen molar-refractivity contribution < 1.29 is 0 Å². The van der Waals surface area contributed by atoms with Crippen molar-refractivity contribution in [1.29, 1.82) is 0 Å². The summed E-state index contributed by atoms with van der Waals surface area (Å²) in [6, 6.07) is 0.894. The summed E-state index contributed by atoms with van der Waals surface area (Å²) in [6.45, 7) is 6.00. The van der Waals surface area contributed by atoms with E-state index in [2.05, 4.69) is 19.2 Å². The number of unbranched alkanes of at least 4 members (excludes halogenated alkanes) is 1. The van der Waals surface area contributed by atoms with Gasteiger partial charge in [-0.2, -0.15) is 0 Å². The van der Waals surface area contributed by atoms with E-state index in [0.29, 0.717) is 0 Å². The molecule has 0 bridgehead atoms. The topological polar surface area (TPSA) is 12.0 Å². The van der Waals surface area contributed by atoms with Gasteiger partial charge in [-0.15, -0.1) is 0 Å². The molecule has 1 N–H and O–H groups in total. The van der Waals surface area contributed by atoms with Gasteiger partial charge in [-0.1, -0.05) is 52.4 Å². The maximum absolute atomic E-state index is 3.78. The minimum Gasteiger partial charge on any atom is -0.314 e. The highest BCUT2D eigenvalue weighted by Crippen LogP contribution is 2.38. The molecule has 0 spiro atoms. The molecule has 1 nitrogen and oxygen atoms in total. The van der Waals surface area contributed by atoms with Crippen LogP contribution in [0.5, 0.6) is 0 Å². The summed E-state index contributed by atoms with van der Waals surface area (Å²) in [6.07, 6.45) is 14.6. The quantitative estimate of drug-likeness (QED) is 0.656. The first-order valence-corrected chi connectivity index (χ1v) is 8.56. The molecular formula is C17H33N. The molecule has 0 saturated heterocycles. The summed E-state index contributed by atoms with van der Waals surface area (Å²) in [5.41, 5.74) is 0. The number of rotatable bonds is 8. The van der Waals surface area contributed by atoms with Gasteiger partial charge >= 0.3 is 0 Å². The SMILES string of the molecule is CCCCC1CC(CCC)CCC1CNC1CC1. The van der Waals surface area contributed by atoms with Crippen LogP contribution in [0.2, 0.25) is 0 Å². The van der Waals surface area contributed by atoms with Gasteiger partial charge < -0.3 is 5.32 Å². The molecule has 2 fully saturated rings. The van der Waals surface area contributed by atoms with Crippen LogP contribution in [-0.4, -0.2) is 12.6 Å². The highest BCUT2D eigenvalue weighted by Gasteiger charge is 2.31. The molecule has 106 valence electrons. The third-order valence-corrected chi connectivity index (χ3v) is 5.12. The third kappa shape index (κ3) is 4.57. The lowest BCUT2D eigenvalue weighted by Crippen LogP contribution is -2.34. The monoisotopic (exact) mass is 251 g/mol. The molecule has 2 rings (SSSR count). The minimum atomic E-state index is 0.894. The van der Waals surface area contributed by atoms with E-state index in [1.165, 1.54) is 70.8 Å². The van der Waals surface area contributed by atoms with Gasteiger partial charge in [0.05, 0.1) is 0 Å². The molecule has 3 atom stereocenters. The summed E-state index contributed by atoms with van der Waals surface area (Å²) in [5.74, 6) is 3.07. The average Bonchev–Trinajstić information content (AvgIpc) is 3.19. The molecule has 0 aromatic heterocycles. The predicted octanol–water partition coefficient (Wildman–Crippen LogP) is 4.76. The van der Waals surface area contributed by atoms with E-state index in [1.54, 1.807) is 0 Å². The second kappa shape index (κ2) is 7.53. The number of nitrogens with one attached hydrogen (secondary N) is 1. The maximum atomic E-state index is 3.78. The Bertz CT molecular complexity index is 222. The van der Waals surface area contributed by atoms with Gasteiger partial charge in [0.1, 0.15) is 0 Å². The Morgan fingerprint density at radius 1 is 0.889 bits per heavy atom. The molecule has 1 heteroatoms. The van der Waals surface area contributed by atoms with Gasteiger partial charge in [0, 0.05) is 6.04 Å². The van der Waals surface area contributed by atoms with E-state index in [-0.39, 0.29) is 0 Å². The first-order valence-electron chi connectivity index (χ1n) is 8.56. The van der Waals surface area contributed by atoms with Gasteiger partial charge in [0.2, 0.25) is 0 Å². The van der Waals surface area contributed by atoms with Crippen molar-refractivity contribution in [2.75, 3.05) is 6.54 Å². The van der Waals surface area contributed by atoms with Gasteiger partial charge in [-0.3, -0.25) is 0 Å². The fourth-order valence-corrected chi connectivity index (χ4v) is 3.79. The molecule has 2 aliphatic rings. The van der Waals surface area contributed by atoms with Crippen LogP contribution in [0.3, 0.4) is 0 Å². The van der Waals surface area contributed by atoms with E-state index in [1.807, 2.05) is 0 Å².